The second-order valence-electron chi connectivity index (χ2n) is 8.08. The number of carbonyl (C=O) groups is 1. The van der Waals surface area contributed by atoms with Gasteiger partial charge in [-0.15, -0.1) is 0 Å². The van der Waals surface area contributed by atoms with Crippen LogP contribution >= 0.6 is 0 Å². The summed E-state index contributed by atoms with van der Waals surface area (Å²) in [4.78, 5) is 12.9. The van der Waals surface area contributed by atoms with E-state index in [0.29, 0.717) is 12.8 Å². The predicted molar refractivity (Wildman–Crippen MR) is 118 cm³/mol. The van der Waals surface area contributed by atoms with Crippen LogP contribution in [0.4, 0.5) is 8.78 Å². The van der Waals surface area contributed by atoms with E-state index < -0.39 is 27.7 Å². The maximum atomic E-state index is 14.0. The van der Waals surface area contributed by atoms with Crippen LogP contribution in [0, 0.1) is 17.6 Å². The number of benzene rings is 3. The number of carbonyl (C=O) groups excluding carboxylic acids is 1. The van der Waals surface area contributed by atoms with E-state index in [1.807, 2.05) is 24.3 Å². The lowest BCUT2D eigenvalue weighted by atomic mass is 9.96. The number of hydrogen-bond acceptors (Lipinski definition) is 3. The van der Waals surface area contributed by atoms with Crippen LogP contribution in [0.3, 0.4) is 0 Å². The van der Waals surface area contributed by atoms with Crippen LogP contribution in [0.1, 0.15) is 31.4 Å². The summed E-state index contributed by atoms with van der Waals surface area (Å²) in [6, 6.07) is 15.3. The van der Waals surface area contributed by atoms with Crippen molar-refractivity contribution in [2.45, 2.75) is 30.7 Å². The van der Waals surface area contributed by atoms with Crippen LogP contribution in [0.15, 0.2) is 65.6 Å². The zero-order valence-electron chi connectivity index (χ0n) is 17.6. The van der Waals surface area contributed by atoms with E-state index in [2.05, 4.69) is 5.32 Å². The largest absolute Gasteiger partial charge is 0.349 e. The Morgan fingerprint density at radius 2 is 1.69 bits per heavy atom. The Morgan fingerprint density at radius 1 is 1.00 bits per heavy atom. The number of piperidine rings is 1. The highest BCUT2D eigenvalue weighted by Crippen LogP contribution is 2.27. The lowest BCUT2D eigenvalue weighted by molar-refractivity contribution is -0.126. The molecule has 1 aliphatic heterocycles. The van der Waals surface area contributed by atoms with E-state index in [1.54, 1.807) is 25.1 Å². The summed E-state index contributed by atoms with van der Waals surface area (Å²) >= 11 is 0. The maximum absolute atomic E-state index is 14.0. The first-order chi connectivity index (χ1) is 15.3. The van der Waals surface area contributed by atoms with Gasteiger partial charge in [0.25, 0.3) is 0 Å². The average molecular weight is 459 g/mol. The van der Waals surface area contributed by atoms with Crippen LogP contribution < -0.4 is 5.32 Å². The highest BCUT2D eigenvalue weighted by Gasteiger charge is 2.32. The van der Waals surface area contributed by atoms with Crippen LogP contribution in [0.25, 0.3) is 10.8 Å². The molecule has 168 valence electrons. The van der Waals surface area contributed by atoms with Gasteiger partial charge in [-0.3, -0.25) is 4.79 Å². The zero-order chi connectivity index (χ0) is 22.9. The first kappa shape index (κ1) is 22.4. The molecule has 1 N–H and O–H groups in total. The highest BCUT2D eigenvalue weighted by atomic mass is 32.2. The topological polar surface area (TPSA) is 66.5 Å². The average Bonchev–Trinajstić information content (AvgIpc) is 2.78. The normalized spacial score (nSPS) is 16.7. The van der Waals surface area contributed by atoms with E-state index >= 15 is 0 Å². The molecule has 8 heteroatoms. The third-order valence-electron chi connectivity index (χ3n) is 5.97. The molecule has 4 rings (SSSR count). The van der Waals surface area contributed by atoms with Crippen LogP contribution in [0.2, 0.25) is 0 Å². The molecule has 1 fully saturated rings. The Kier molecular flexibility index (Phi) is 6.26. The molecule has 1 amide bonds. The van der Waals surface area contributed by atoms with Crippen molar-refractivity contribution in [3.63, 3.8) is 0 Å². The number of sulfonamides is 1. The van der Waals surface area contributed by atoms with Gasteiger partial charge in [0.2, 0.25) is 15.9 Å². The highest BCUT2D eigenvalue weighted by molar-refractivity contribution is 7.89. The third-order valence-corrected chi connectivity index (χ3v) is 7.87. The summed E-state index contributed by atoms with van der Waals surface area (Å²) in [7, 11) is -3.66. The van der Waals surface area contributed by atoms with Crippen molar-refractivity contribution in [1.82, 2.24) is 9.62 Å². The number of amides is 1. The van der Waals surface area contributed by atoms with Crippen molar-refractivity contribution in [3.8, 4) is 0 Å². The van der Waals surface area contributed by atoms with Crippen LogP contribution in [-0.4, -0.2) is 31.7 Å². The predicted octanol–water partition coefficient (Wildman–Crippen LogP) is 4.40. The molecule has 0 bridgehead atoms. The summed E-state index contributed by atoms with van der Waals surface area (Å²) in [5, 5.41) is 4.58. The van der Waals surface area contributed by atoms with E-state index in [-0.39, 0.29) is 35.4 Å². The first-order valence-electron chi connectivity index (χ1n) is 10.5. The third kappa shape index (κ3) is 4.52. The lowest BCUT2D eigenvalue weighted by Gasteiger charge is -2.31. The molecule has 3 aromatic carbocycles. The second kappa shape index (κ2) is 8.96. The molecule has 0 aromatic heterocycles. The van der Waals surface area contributed by atoms with E-state index in [9.17, 15) is 22.0 Å². The van der Waals surface area contributed by atoms with Gasteiger partial charge in [-0.1, -0.05) is 36.4 Å². The molecule has 0 spiro atoms. The minimum atomic E-state index is -3.66. The van der Waals surface area contributed by atoms with Crippen molar-refractivity contribution >= 4 is 26.7 Å². The molecule has 0 saturated carbocycles. The second-order valence-corrected chi connectivity index (χ2v) is 10.0. The van der Waals surface area contributed by atoms with Gasteiger partial charge in [0.05, 0.1) is 10.9 Å². The Labute approximate surface area is 186 Å². The summed E-state index contributed by atoms with van der Waals surface area (Å²) in [6.45, 7) is 2.09. The summed E-state index contributed by atoms with van der Waals surface area (Å²) in [5.41, 5.74) is 0.205. The number of fused-ring (bicyclic) bond motifs is 1. The van der Waals surface area contributed by atoms with E-state index in [0.717, 1.165) is 22.9 Å². The molecule has 1 saturated heterocycles. The summed E-state index contributed by atoms with van der Waals surface area (Å²) in [5.74, 6) is -2.02. The smallest absolute Gasteiger partial charge is 0.243 e. The zero-order valence-corrected chi connectivity index (χ0v) is 18.4. The minimum absolute atomic E-state index is 0.205. The number of hydrogen-bond donors (Lipinski definition) is 1. The number of halogens is 2. The summed E-state index contributed by atoms with van der Waals surface area (Å²) < 4.78 is 54.7. The van der Waals surface area contributed by atoms with Crippen molar-refractivity contribution in [2.24, 2.45) is 5.92 Å². The van der Waals surface area contributed by atoms with Gasteiger partial charge in [-0.05, 0) is 48.7 Å². The molecule has 1 aliphatic rings. The van der Waals surface area contributed by atoms with Gasteiger partial charge in [0.15, 0.2) is 0 Å². The van der Waals surface area contributed by atoms with Crippen LogP contribution in [-0.2, 0) is 14.8 Å². The monoisotopic (exact) mass is 458 g/mol. The molecule has 1 unspecified atom stereocenters. The molecule has 5 nitrogen and oxygen atoms in total. The molecule has 3 aromatic rings. The van der Waals surface area contributed by atoms with Crippen molar-refractivity contribution < 1.29 is 22.0 Å². The van der Waals surface area contributed by atoms with Gasteiger partial charge in [-0.25, -0.2) is 17.2 Å². The van der Waals surface area contributed by atoms with Crippen molar-refractivity contribution in [2.75, 3.05) is 13.1 Å². The van der Waals surface area contributed by atoms with E-state index in [4.69, 9.17) is 0 Å². The molecule has 0 radical (unpaired) electrons. The van der Waals surface area contributed by atoms with Gasteiger partial charge >= 0.3 is 0 Å². The standard InChI is InChI=1S/C24H24F2N2O3S/c1-16(22-9-7-20(25)15-23(22)26)27-24(29)18-10-12-28(13-11-18)32(30,31)21-8-6-17-4-2-3-5-19(17)14-21/h2-9,14-16,18H,10-13H2,1H3,(H,27,29). The Bertz CT molecular complexity index is 1260. The fourth-order valence-corrected chi connectivity index (χ4v) is 5.60. The van der Waals surface area contributed by atoms with Gasteiger partial charge in [0.1, 0.15) is 11.6 Å². The lowest BCUT2D eigenvalue weighted by Crippen LogP contribution is -2.43. The molecule has 0 aliphatic carbocycles. The van der Waals surface area contributed by atoms with Crippen molar-refractivity contribution in [1.29, 1.82) is 0 Å². The summed E-state index contributed by atoms with van der Waals surface area (Å²) in [6.07, 6.45) is 0.745. The Hall–Kier alpha value is -2.84. The van der Waals surface area contributed by atoms with Crippen LogP contribution in [0.5, 0.6) is 0 Å². The molecular weight excluding hydrogens is 434 g/mol. The minimum Gasteiger partial charge on any atom is -0.349 e. The van der Waals surface area contributed by atoms with E-state index in [1.165, 1.54) is 10.4 Å². The number of nitrogens with zero attached hydrogens (tertiary/aromatic N) is 1. The van der Waals surface area contributed by atoms with Gasteiger partial charge < -0.3 is 5.32 Å². The number of nitrogens with one attached hydrogen (secondary N) is 1. The molecule has 1 atom stereocenters. The SMILES string of the molecule is CC(NC(=O)C1CCN(S(=O)(=O)c2ccc3ccccc3c2)CC1)c1ccc(F)cc1F. The molecular formula is C24H24F2N2O3S. The maximum Gasteiger partial charge on any atom is 0.243 e. The number of rotatable bonds is 5. The molecule has 32 heavy (non-hydrogen) atoms. The van der Waals surface area contributed by atoms with Gasteiger partial charge in [-0.2, -0.15) is 4.31 Å². The fraction of sp³-hybridized carbons (Fsp3) is 0.292. The van der Waals surface area contributed by atoms with Crippen molar-refractivity contribution in [3.05, 3.63) is 77.9 Å². The molecule has 1 heterocycles. The quantitative estimate of drug-likeness (QED) is 0.617. The fourth-order valence-electron chi connectivity index (χ4n) is 4.10. The van der Waals surface area contributed by atoms with Gasteiger partial charge in [0, 0.05) is 30.6 Å². The Balaban J connectivity index is 1.40. The first-order valence-corrected chi connectivity index (χ1v) is 11.9. The Morgan fingerprint density at radius 3 is 2.38 bits per heavy atom.